The SMILES string of the molecule is CC1(C)c2ccccc2-c2cc(Nc3cccc(-c4cccc5oc6ccccc6c45)c3)ccc21. The smallest absolute Gasteiger partial charge is 0.136 e. The van der Waals surface area contributed by atoms with Crippen LogP contribution in [0.4, 0.5) is 11.4 Å². The lowest BCUT2D eigenvalue weighted by atomic mass is 9.82. The maximum Gasteiger partial charge on any atom is 0.136 e. The molecule has 0 radical (unpaired) electrons. The number of para-hydroxylation sites is 1. The Balaban J connectivity index is 1.29. The second-order valence-electron chi connectivity index (χ2n) is 9.91. The molecule has 168 valence electrons. The van der Waals surface area contributed by atoms with E-state index in [0.29, 0.717) is 0 Å². The Labute approximate surface area is 204 Å². The van der Waals surface area contributed by atoms with Gasteiger partial charge >= 0.3 is 0 Å². The second-order valence-corrected chi connectivity index (χ2v) is 9.91. The fraction of sp³-hybridized carbons (Fsp3) is 0.0909. The molecule has 0 aliphatic heterocycles. The van der Waals surface area contributed by atoms with E-state index in [-0.39, 0.29) is 5.41 Å². The molecule has 0 atom stereocenters. The van der Waals surface area contributed by atoms with E-state index in [1.165, 1.54) is 33.4 Å². The van der Waals surface area contributed by atoms with Crippen LogP contribution < -0.4 is 5.32 Å². The van der Waals surface area contributed by atoms with Crippen LogP contribution in [0.1, 0.15) is 25.0 Å². The van der Waals surface area contributed by atoms with Gasteiger partial charge in [-0.3, -0.25) is 0 Å². The molecule has 0 unspecified atom stereocenters. The maximum absolute atomic E-state index is 6.11. The molecule has 0 saturated heterocycles. The Kier molecular flexibility index (Phi) is 4.22. The van der Waals surface area contributed by atoms with Gasteiger partial charge in [-0.15, -0.1) is 0 Å². The van der Waals surface area contributed by atoms with Gasteiger partial charge in [0.15, 0.2) is 0 Å². The van der Waals surface area contributed by atoms with Crippen molar-refractivity contribution in [2.75, 3.05) is 5.32 Å². The lowest BCUT2D eigenvalue weighted by molar-refractivity contribution is 0.660. The highest BCUT2D eigenvalue weighted by molar-refractivity contribution is 6.12. The molecule has 0 amide bonds. The summed E-state index contributed by atoms with van der Waals surface area (Å²) in [6.45, 7) is 4.63. The molecule has 2 nitrogen and oxygen atoms in total. The van der Waals surface area contributed by atoms with Crippen LogP contribution in [-0.2, 0) is 5.41 Å². The molecule has 35 heavy (non-hydrogen) atoms. The first-order valence-corrected chi connectivity index (χ1v) is 12.1. The minimum atomic E-state index is 0.0242. The summed E-state index contributed by atoms with van der Waals surface area (Å²) >= 11 is 0. The Morgan fingerprint density at radius 3 is 2.23 bits per heavy atom. The van der Waals surface area contributed by atoms with Crippen LogP contribution in [0.25, 0.3) is 44.2 Å². The Hall–Kier alpha value is -4.30. The number of fused-ring (bicyclic) bond motifs is 6. The van der Waals surface area contributed by atoms with Gasteiger partial charge in [0.2, 0.25) is 0 Å². The fourth-order valence-electron chi connectivity index (χ4n) is 5.74. The van der Waals surface area contributed by atoms with Crippen LogP contribution in [0.3, 0.4) is 0 Å². The highest BCUT2D eigenvalue weighted by atomic mass is 16.3. The number of rotatable bonds is 3. The van der Waals surface area contributed by atoms with Crippen molar-refractivity contribution >= 4 is 33.3 Å². The first kappa shape index (κ1) is 20.1. The van der Waals surface area contributed by atoms with Crippen molar-refractivity contribution in [3.8, 4) is 22.3 Å². The number of benzene rings is 5. The molecule has 1 N–H and O–H groups in total. The van der Waals surface area contributed by atoms with Crippen molar-refractivity contribution in [2.24, 2.45) is 0 Å². The molecule has 6 aromatic rings. The van der Waals surface area contributed by atoms with Crippen molar-refractivity contribution in [2.45, 2.75) is 19.3 Å². The number of hydrogen-bond donors (Lipinski definition) is 1. The predicted molar refractivity (Wildman–Crippen MR) is 146 cm³/mol. The molecule has 0 fully saturated rings. The monoisotopic (exact) mass is 451 g/mol. The van der Waals surface area contributed by atoms with Gasteiger partial charge in [0.05, 0.1) is 0 Å². The molecule has 0 saturated carbocycles. The topological polar surface area (TPSA) is 25.2 Å². The third kappa shape index (κ3) is 3.03. The molecule has 1 aliphatic rings. The van der Waals surface area contributed by atoms with Crippen LogP contribution >= 0.6 is 0 Å². The van der Waals surface area contributed by atoms with E-state index in [1.54, 1.807) is 0 Å². The average molecular weight is 452 g/mol. The molecule has 2 heteroatoms. The van der Waals surface area contributed by atoms with Gasteiger partial charge in [-0.1, -0.05) is 86.6 Å². The first-order valence-electron chi connectivity index (χ1n) is 12.1. The summed E-state index contributed by atoms with van der Waals surface area (Å²) in [7, 11) is 0. The van der Waals surface area contributed by atoms with Crippen molar-refractivity contribution in [3.05, 3.63) is 120 Å². The Morgan fingerprint density at radius 2 is 1.29 bits per heavy atom. The van der Waals surface area contributed by atoms with Gasteiger partial charge < -0.3 is 9.73 Å². The maximum atomic E-state index is 6.11. The van der Waals surface area contributed by atoms with Crippen molar-refractivity contribution in [1.29, 1.82) is 0 Å². The van der Waals surface area contributed by atoms with Gasteiger partial charge in [0.25, 0.3) is 0 Å². The van der Waals surface area contributed by atoms with E-state index in [2.05, 4.69) is 110 Å². The molecule has 7 rings (SSSR count). The predicted octanol–water partition coefficient (Wildman–Crippen LogP) is 9.30. The molecular weight excluding hydrogens is 426 g/mol. The zero-order chi connectivity index (χ0) is 23.6. The van der Waals surface area contributed by atoms with Crippen LogP contribution in [0, 0.1) is 0 Å². The van der Waals surface area contributed by atoms with Gasteiger partial charge in [-0.2, -0.15) is 0 Å². The zero-order valence-electron chi connectivity index (χ0n) is 19.8. The van der Waals surface area contributed by atoms with Gasteiger partial charge in [-0.25, -0.2) is 0 Å². The van der Waals surface area contributed by atoms with Crippen molar-refractivity contribution in [1.82, 2.24) is 0 Å². The summed E-state index contributed by atoms with van der Waals surface area (Å²) in [4.78, 5) is 0. The Morgan fingerprint density at radius 1 is 0.571 bits per heavy atom. The van der Waals surface area contributed by atoms with Gasteiger partial charge in [-0.05, 0) is 69.8 Å². The molecule has 5 aromatic carbocycles. The summed E-state index contributed by atoms with van der Waals surface area (Å²) < 4.78 is 6.11. The van der Waals surface area contributed by atoms with E-state index >= 15 is 0 Å². The number of anilines is 2. The van der Waals surface area contributed by atoms with E-state index in [9.17, 15) is 0 Å². The van der Waals surface area contributed by atoms with Crippen LogP contribution in [0.5, 0.6) is 0 Å². The summed E-state index contributed by atoms with van der Waals surface area (Å²) in [6.07, 6.45) is 0. The van der Waals surface area contributed by atoms with Crippen LogP contribution in [0.15, 0.2) is 114 Å². The molecular formula is C33H25NO. The highest BCUT2D eigenvalue weighted by Gasteiger charge is 2.35. The normalized spacial score (nSPS) is 13.7. The first-order chi connectivity index (χ1) is 17.1. The van der Waals surface area contributed by atoms with Crippen LogP contribution in [-0.4, -0.2) is 0 Å². The van der Waals surface area contributed by atoms with Crippen molar-refractivity contribution in [3.63, 3.8) is 0 Å². The number of furan rings is 1. The summed E-state index contributed by atoms with van der Waals surface area (Å²) in [5.74, 6) is 0. The third-order valence-corrected chi connectivity index (χ3v) is 7.45. The van der Waals surface area contributed by atoms with E-state index in [4.69, 9.17) is 4.42 Å². The van der Waals surface area contributed by atoms with E-state index in [1.807, 2.05) is 18.2 Å². The quantitative estimate of drug-likeness (QED) is 0.290. The zero-order valence-corrected chi connectivity index (χ0v) is 19.8. The highest BCUT2D eigenvalue weighted by Crippen LogP contribution is 2.49. The van der Waals surface area contributed by atoms with E-state index < -0.39 is 0 Å². The van der Waals surface area contributed by atoms with Crippen molar-refractivity contribution < 1.29 is 4.42 Å². The lowest BCUT2D eigenvalue weighted by Crippen LogP contribution is -2.14. The molecule has 0 spiro atoms. The molecule has 1 heterocycles. The number of hydrogen-bond acceptors (Lipinski definition) is 2. The Bertz CT molecular complexity index is 1750. The van der Waals surface area contributed by atoms with Crippen LogP contribution in [0.2, 0.25) is 0 Å². The second kappa shape index (κ2) is 7.35. The molecule has 0 bridgehead atoms. The summed E-state index contributed by atoms with van der Waals surface area (Å²) in [5.41, 5.74) is 11.8. The van der Waals surface area contributed by atoms with Gasteiger partial charge in [0.1, 0.15) is 11.2 Å². The minimum absolute atomic E-state index is 0.0242. The average Bonchev–Trinajstić information content (AvgIpc) is 3.37. The summed E-state index contributed by atoms with van der Waals surface area (Å²) in [6, 6.07) is 38.7. The largest absolute Gasteiger partial charge is 0.456 e. The molecule has 1 aliphatic carbocycles. The van der Waals surface area contributed by atoms with Gasteiger partial charge in [0, 0.05) is 27.6 Å². The molecule has 1 aromatic heterocycles. The number of nitrogens with one attached hydrogen (secondary N) is 1. The lowest BCUT2D eigenvalue weighted by Gasteiger charge is -2.21. The standard InChI is InChI=1S/C33H25NO/c1-33(2)28-14-5-3-11-25(28)27-20-23(17-18-29(27)33)34-22-10-7-9-21(19-22)24-13-8-16-31-32(24)26-12-4-6-15-30(26)35-31/h3-20,34H,1-2H3. The minimum Gasteiger partial charge on any atom is -0.456 e. The third-order valence-electron chi connectivity index (χ3n) is 7.45. The fourth-order valence-corrected chi connectivity index (χ4v) is 5.74. The summed E-state index contributed by atoms with van der Waals surface area (Å²) in [5, 5.41) is 5.97. The van der Waals surface area contributed by atoms with E-state index in [0.717, 1.165) is 33.3 Å².